The van der Waals surface area contributed by atoms with Crippen molar-refractivity contribution in [3.05, 3.63) is 64.7 Å². The van der Waals surface area contributed by atoms with Crippen molar-refractivity contribution in [3.63, 3.8) is 0 Å². The third kappa shape index (κ3) is 3.84. The average Bonchev–Trinajstić information content (AvgIpc) is 2.48. The summed E-state index contributed by atoms with van der Waals surface area (Å²) in [5.41, 5.74) is 1.53. The number of carbonyl (C=O) groups excluding carboxylic acids is 1. The Balaban J connectivity index is 2.04. The molecule has 20 heavy (non-hydrogen) atoms. The molecule has 0 heterocycles. The average molecular weight is 289 g/mol. The predicted octanol–water partition coefficient (Wildman–Crippen LogP) is 4.55. The van der Waals surface area contributed by atoms with Crippen LogP contribution in [0.1, 0.15) is 29.3 Å². The van der Waals surface area contributed by atoms with Gasteiger partial charge in [-0.1, -0.05) is 36.7 Å². The van der Waals surface area contributed by atoms with Crippen molar-refractivity contribution in [2.24, 2.45) is 0 Å². The van der Waals surface area contributed by atoms with Crippen LogP contribution in [0.5, 0.6) is 5.75 Å². The molecule has 0 saturated carbocycles. The number of ketones is 1. The first-order valence-electron chi connectivity index (χ1n) is 6.70. The maximum absolute atomic E-state index is 12.2. The summed E-state index contributed by atoms with van der Waals surface area (Å²) in [5.74, 6) is 0.848. The molecular formula is C17H17ClO2. The number of carbonyl (C=O) groups is 1. The Labute approximate surface area is 124 Å². The molecule has 0 unspecified atom stereocenters. The van der Waals surface area contributed by atoms with Gasteiger partial charge in [0.25, 0.3) is 0 Å². The van der Waals surface area contributed by atoms with E-state index < -0.39 is 0 Å². The first kappa shape index (κ1) is 14.6. The molecule has 0 N–H and O–H groups in total. The SMILES string of the molecule is CCCOc1ccc(C(=O)Cc2ccccc2Cl)cc1. The van der Waals surface area contributed by atoms with Gasteiger partial charge in [0, 0.05) is 17.0 Å². The van der Waals surface area contributed by atoms with Crippen molar-refractivity contribution in [2.75, 3.05) is 6.61 Å². The van der Waals surface area contributed by atoms with Gasteiger partial charge in [-0.3, -0.25) is 4.79 Å². The van der Waals surface area contributed by atoms with Crippen molar-refractivity contribution in [1.82, 2.24) is 0 Å². The second kappa shape index (κ2) is 7.11. The fourth-order valence-electron chi connectivity index (χ4n) is 1.87. The molecule has 0 radical (unpaired) electrons. The Bertz CT molecular complexity index is 576. The number of Topliss-reactive ketones (excluding diaryl/α,β-unsaturated/α-hetero) is 1. The van der Waals surface area contributed by atoms with E-state index in [0.29, 0.717) is 23.6 Å². The van der Waals surface area contributed by atoms with Gasteiger partial charge in [-0.25, -0.2) is 0 Å². The van der Waals surface area contributed by atoms with Gasteiger partial charge < -0.3 is 4.74 Å². The Hall–Kier alpha value is -1.80. The third-order valence-electron chi connectivity index (χ3n) is 2.96. The Morgan fingerprint density at radius 3 is 2.45 bits per heavy atom. The summed E-state index contributed by atoms with van der Waals surface area (Å²) in [6.07, 6.45) is 1.28. The molecule has 0 bridgehead atoms. The van der Waals surface area contributed by atoms with E-state index in [4.69, 9.17) is 16.3 Å². The van der Waals surface area contributed by atoms with Crippen LogP contribution in [0.4, 0.5) is 0 Å². The van der Waals surface area contributed by atoms with Crippen LogP contribution in [0.3, 0.4) is 0 Å². The summed E-state index contributed by atoms with van der Waals surface area (Å²) in [7, 11) is 0. The number of hydrogen-bond acceptors (Lipinski definition) is 2. The van der Waals surface area contributed by atoms with E-state index in [0.717, 1.165) is 17.7 Å². The summed E-state index contributed by atoms with van der Waals surface area (Å²) < 4.78 is 5.49. The van der Waals surface area contributed by atoms with Crippen molar-refractivity contribution in [2.45, 2.75) is 19.8 Å². The van der Waals surface area contributed by atoms with E-state index in [2.05, 4.69) is 6.92 Å². The van der Waals surface area contributed by atoms with E-state index in [1.807, 2.05) is 30.3 Å². The monoisotopic (exact) mass is 288 g/mol. The molecule has 0 saturated heterocycles. The van der Waals surface area contributed by atoms with E-state index in [1.54, 1.807) is 18.2 Å². The van der Waals surface area contributed by atoms with Gasteiger partial charge >= 0.3 is 0 Å². The van der Waals surface area contributed by atoms with E-state index in [1.165, 1.54) is 0 Å². The van der Waals surface area contributed by atoms with Gasteiger partial charge in [-0.2, -0.15) is 0 Å². The van der Waals surface area contributed by atoms with Gasteiger partial charge in [-0.05, 0) is 42.3 Å². The molecule has 0 aromatic heterocycles. The second-order valence-electron chi connectivity index (χ2n) is 4.56. The maximum Gasteiger partial charge on any atom is 0.167 e. The van der Waals surface area contributed by atoms with Crippen LogP contribution >= 0.6 is 11.6 Å². The number of hydrogen-bond donors (Lipinski definition) is 0. The van der Waals surface area contributed by atoms with Crippen LogP contribution in [-0.4, -0.2) is 12.4 Å². The van der Waals surface area contributed by atoms with Gasteiger partial charge in [0.15, 0.2) is 5.78 Å². The first-order chi connectivity index (χ1) is 9.70. The molecule has 0 atom stereocenters. The molecule has 0 fully saturated rings. The van der Waals surface area contributed by atoms with Crippen molar-refractivity contribution in [1.29, 1.82) is 0 Å². The highest BCUT2D eigenvalue weighted by Gasteiger charge is 2.09. The Kier molecular flexibility index (Phi) is 5.19. The molecular weight excluding hydrogens is 272 g/mol. The quantitative estimate of drug-likeness (QED) is 0.729. The van der Waals surface area contributed by atoms with Crippen LogP contribution in [-0.2, 0) is 6.42 Å². The van der Waals surface area contributed by atoms with Gasteiger partial charge in [0.2, 0.25) is 0 Å². The van der Waals surface area contributed by atoms with E-state index >= 15 is 0 Å². The standard InChI is InChI=1S/C17H17ClO2/c1-2-11-20-15-9-7-13(8-10-15)17(19)12-14-5-3-4-6-16(14)18/h3-10H,2,11-12H2,1H3. The minimum Gasteiger partial charge on any atom is -0.494 e. The topological polar surface area (TPSA) is 26.3 Å². The summed E-state index contributed by atoms with van der Waals surface area (Å²) >= 11 is 6.07. The lowest BCUT2D eigenvalue weighted by Gasteiger charge is -2.06. The molecule has 0 aliphatic heterocycles. The van der Waals surface area contributed by atoms with Gasteiger partial charge in [-0.15, -0.1) is 0 Å². The zero-order chi connectivity index (χ0) is 14.4. The van der Waals surface area contributed by atoms with E-state index in [9.17, 15) is 4.79 Å². The molecule has 0 aliphatic rings. The molecule has 0 aliphatic carbocycles. The van der Waals surface area contributed by atoms with Gasteiger partial charge in [0.1, 0.15) is 5.75 Å². The lowest BCUT2D eigenvalue weighted by molar-refractivity contribution is 0.0993. The van der Waals surface area contributed by atoms with Crippen LogP contribution in [0.15, 0.2) is 48.5 Å². The van der Waals surface area contributed by atoms with Crippen LogP contribution in [0.2, 0.25) is 5.02 Å². The number of halogens is 1. The van der Waals surface area contributed by atoms with Crippen LogP contribution in [0, 0.1) is 0 Å². The fraction of sp³-hybridized carbons (Fsp3) is 0.235. The van der Waals surface area contributed by atoms with Crippen molar-refractivity contribution < 1.29 is 9.53 Å². The number of ether oxygens (including phenoxy) is 1. The molecule has 2 aromatic rings. The lowest BCUT2D eigenvalue weighted by atomic mass is 10.0. The third-order valence-corrected chi connectivity index (χ3v) is 3.33. The normalized spacial score (nSPS) is 10.3. The molecule has 0 spiro atoms. The Morgan fingerprint density at radius 2 is 1.80 bits per heavy atom. The smallest absolute Gasteiger partial charge is 0.167 e. The summed E-state index contributed by atoms with van der Waals surface area (Å²) in [5, 5.41) is 0.628. The van der Waals surface area contributed by atoms with Crippen LogP contribution in [0.25, 0.3) is 0 Å². The largest absolute Gasteiger partial charge is 0.494 e. The van der Waals surface area contributed by atoms with E-state index in [-0.39, 0.29) is 5.78 Å². The predicted molar refractivity (Wildman–Crippen MR) is 81.7 cm³/mol. The van der Waals surface area contributed by atoms with Crippen LogP contribution < -0.4 is 4.74 Å². The molecule has 2 nitrogen and oxygen atoms in total. The highest BCUT2D eigenvalue weighted by atomic mass is 35.5. The number of benzene rings is 2. The second-order valence-corrected chi connectivity index (χ2v) is 4.97. The summed E-state index contributed by atoms with van der Waals surface area (Å²) in [6, 6.07) is 14.7. The molecule has 2 aromatic carbocycles. The minimum absolute atomic E-state index is 0.0557. The molecule has 0 amide bonds. The number of rotatable bonds is 6. The van der Waals surface area contributed by atoms with Crippen molar-refractivity contribution in [3.8, 4) is 5.75 Å². The fourth-order valence-corrected chi connectivity index (χ4v) is 2.08. The highest BCUT2D eigenvalue weighted by molar-refractivity contribution is 6.31. The highest BCUT2D eigenvalue weighted by Crippen LogP contribution is 2.19. The molecule has 104 valence electrons. The molecule has 2 rings (SSSR count). The summed E-state index contributed by atoms with van der Waals surface area (Å²) in [4.78, 5) is 12.2. The van der Waals surface area contributed by atoms with Crippen molar-refractivity contribution >= 4 is 17.4 Å². The van der Waals surface area contributed by atoms with Gasteiger partial charge in [0.05, 0.1) is 6.61 Å². The zero-order valence-corrected chi connectivity index (χ0v) is 12.2. The maximum atomic E-state index is 12.2. The Morgan fingerprint density at radius 1 is 1.10 bits per heavy atom. The minimum atomic E-state index is 0.0557. The summed E-state index contributed by atoms with van der Waals surface area (Å²) in [6.45, 7) is 2.74. The first-order valence-corrected chi connectivity index (χ1v) is 7.08. The zero-order valence-electron chi connectivity index (χ0n) is 11.4. The lowest BCUT2D eigenvalue weighted by Crippen LogP contribution is -2.04. The molecule has 3 heteroatoms.